The topological polar surface area (TPSA) is 20.3 Å². The predicted octanol–water partition coefficient (Wildman–Crippen LogP) is 4.13. The van der Waals surface area contributed by atoms with E-state index < -0.39 is 0 Å². The van der Waals surface area contributed by atoms with Gasteiger partial charge in [0.05, 0.1) is 5.25 Å². The Kier molecular flexibility index (Phi) is 4.16. The highest BCUT2D eigenvalue weighted by Crippen LogP contribution is 2.43. The number of benzene rings is 2. The van der Waals surface area contributed by atoms with Crippen LogP contribution in [0.15, 0.2) is 48.5 Å². The van der Waals surface area contributed by atoms with Crippen molar-refractivity contribution in [3.05, 3.63) is 71.3 Å². The molecule has 0 unspecified atom stereocenters. The summed E-state index contributed by atoms with van der Waals surface area (Å²) < 4.78 is 26.1. The van der Waals surface area contributed by atoms with Crippen molar-refractivity contribution in [3.63, 3.8) is 0 Å². The Morgan fingerprint density at radius 1 is 1.00 bits per heavy atom. The first-order valence-electron chi connectivity index (χ1n) is 7.00. The molecule has 114 valence electrons. The van der Waals surface area contributed by atoms with Crippen LogP contribution in [0.5, 0.6) is 0 Å². The summed E-state index contributed by atoms with van der Waals surface area (Å²) in [5.41, 5.74) is 1.77. The van der Waals surface area contributed by atoms with Gasteiger partial charge in [0.1, 0.15) is 17.0 Å². The lowest BCUT2D eigenvalue weighted by molar-refractivity contribution is -0.130. The van der Waals surface area contributed by atoms with Gasteiger partial charge in [0.15, 0.2) is 0 Å². The molecule has 2 aromatic rings. The van der Waals surface area contributed by atoms with Gasteiger partial charge in [-0.2, -0.15) is 0 Å². The Hall–Kier alpha value is -1.88. The van der Waals surface area contributed by atoms with E-state index >= 15 is 0 Å². The summed E-state index contributed by atoms with van der Waals surface area (Å²) in [6, 6.07) is 12.3. The normalized spacial score (nSPS) is 21.4. The highest BCUT2D eigenvalue weighted by atomic mass is 32.2. The van der Waals surface area contributed by atoms with E-state index in [-0.39, 0.29) is 28.2 Å². The molecule has 2 atom stereocenters. The molecule has 5 heteroatoms. The first-order valence-corrected chi connectivity index (χ1v) is 7.95. The molecule has 1 fully saturated rings. The van der Waals surface area contributed by atoms with Crippen molar-refractivity contribution in [2.75, 3.05) is 0 Å². The molecule has 1 aliphatic rings. The molecule has 0 spiro atoms. The van der Waals surface area contributed by atoms with Crippen LogP contribution < -0.4 is 0 Å². The van der Waals surface area contributed by atoms with Crippen LogP contribution in [0, 0.1) is 11.6 Å². The summed E-state index contributed by atoms with van der Waals surface area (Å²) in [4.78, 5) is 14.1. The lowest BCUT2D eigenvalue weighted by atomic mass is 10.1. The Labute approximate surface area is 132 Å². The van der Waals surface area contributed by atoms with Crippen LogP contribution in [-0.2, 0) is 11.3 Å². The van der Waals surface area contributed by atoms with Gasteiger partial charge in [0.2, 0.25) is 5.91 Å². The number of hydrogen-bond acceptors (Lipinski definition) is 2. The molecule has 1 aliphatic heterocycles. The van der Waals surface area contributed by atoms with Crippen molar-refractivity contribution in [2.45, 2.75) is 24.1 Å². The fourth-order valence-electron chi connectivity index (χ4n) is 2.51. The van der Waals surface area contributed by atoms with E-state index in [1.807, 2.05) is 6.92 Å². The molecule has 2 aromatic carbocycles. The first-order chi connectivity index (χ1) is 10.5. The molecule has 0 radical (unpaired) electrons. The summed E-state index contributed by atoms with van der Waals surface area (Å²) in [5, 5.41) is -0.288. The number of nitrogens with zero attached hydrogens (tertiary/aromatic N) is 1. The van der Waals surface area contributed by atoms with Crippen molar-refractivity contribution in [2.24, 2.45) is 0 Å². The predicted molar refractivity (Wildman–Crippen MR) is 83.1 cm³/mol. The van der Waals surface area contributed by atoms with E-state index in [9.17, 15) is 13.6 Å². The van der Waals surface area contributed by atoms with E-state index in [0.29, 0.717) is 6.54 Å². The van der Waals surface area contributed by atoms with Crippen molar-refractivity contribution >= 4 is 17.7 Å². The highest BCUT2D eigenvalue weighted by Gasteiger charge is 2.38. The third kappa shape index (κ3) is 2.99. The second-order valence-electron chi connectivity index (χ2n) is 5.27. The minimum Gasteiger partial charge on any atom is -0.321 e. The van der Waals surface area contributed by atoms with Gasteiger partial charge >= 0.3 is 0 Å². The zero-order chi connectivity index (χ0) is 15.7. The molecule has 22 heavy (non-hydrogen) atoms. The van der Waals surface area contributed by atoms with Crippen molar-refractivity contribution < 1.29 is 13.6 Å². The van der Waals surface area contributed by atoms with Crippen LogP contribution in [0.3, 0.4) is 0 Å². The van der Waals surface area contributed by atoms with Crippen LogP contribution >= 0.6 is 11.8 Å². The summed E-state index contributed by atoms with van der Waals surface area (Å²) in [7, 11) is 0. The second-order valence-corrected chi connectivity index (χ2v) is 6.70. The average Bonchev–Trinajstić information content (AvgIpc) is 2.79. The molecule has 0 aromatic heterocycles. The van der Waals surface area contributed by atoms with E-state index in [0.717, 1.165) is 11.1 Å². The Bertz CT molecular complexity index is 672. The molecule has 0 saturated carbocycles. The monoisotopic (exact) mass is 319 g/mol. The molecule has 0 aliphatic carbocycles. The number of amides is 1. The number of halogens is 2. The summed E-state index contributed by atoms with van der Waals surface area (Å²) in [6.07, 6.45) is 0. The van der Waals surface area contributed by atoms with Gasteiger partial charge in [-0.15, -0.1) is 11.8 Å². The molecule has 3 rings (SSSR count). The molecule has 1 saturated heterocycles. The molecule has 2 nitrogen and oxygen atoms in total. The van der Waals surface area contributed by atoms with Crippen molar-refractivity contribution in [3.8, 4) is 0 Å². The zero-order valence-corrected chi connectivity index (χ0v) is 12.8. The smallest absolute Gasteiger partial charge is 0.236 e. The van der Waals surface area contributed by atoms with Crippen LogP contribution in [-0.4, -0.2) is 16.1 Å². The quantitative estimate of drug-likeness (QED) is 0.848. The van der Waals surface area contributed by atoms with Crippen LogP contribution in [0.25, 0.3) is 0 Å². The summed E-state index contributed by atoms with van der Waals surface area (Å²) in [6.45, 7) is 2.28. The minimum absolute atomic E-state index is 0.0450. The van der Waals surface area contributed by atoms with E-state index in [4.69, 9.17) is 0 Å². The van der Waals surface area contributed by atoms with Crippen LogP contribution in [0.4, 0.5) is 8.78 Å². The standard InChI is InChI=1S/C17H15F2NOS/c1-11-16(21)20(10-12-2-6-14(18)7-3-12)17(22-11)13-4-8-15(19)9-5-13/h2-9,11,17H,10H2,1H3/t11-,17+/m1/s1. The average molecular weight is 319 g/mol. The Morgan fingerprint density at radius 3 is 2.14 bits per heavy atom. The summed E-state index contributed by atoms with van der Waals surface area (Å²) >= 11 is 1.54. The Morgan fingerprint density at radius 2 is 1.55 bits per heavy atom. The zero-order valence-electron chi connectivity index (χ0n) is 12.0. The lowest BCUT2D eigenvalue weighted by Crippen LogP contribution is -2.29. The number of carbonyl (C=O) groups excluding carboxylic acids is 1. The number of thioether (sulfide) groups is 1. The van der Waals surface area contributed by atoms with Gasteiger partial charge in [-0.1, -0.05) is 24.3 Å². The number of carbonyl (C=O) groups is 1. The van der Waals surface area contributed by atoms with Gasteiger partial charge in [-0.3, -0.25) is 4.79 Å². The summed E-state index contributed by atoms with van der Waals surface area (Å²) in [5.74, 6) is -0.547. The SMILES string of the molecule is C[C@H]1S[C@@H](c2ccc(F)cc2)N(Cc2ccc(F)cc2)C1=O. The van der Waals surface area contributed by atoms with Gasteiger partial charge in [0.25, 0.3) is 0 Å². The fraction of sp³-hybridized carbons (Fsp3) is 0.235. The van der Waals surface area contributed by atoms with Gasteiger partial charge < -0.3 is 4.90 Å². The van der Waals surface area contributed by atoms with Crippen LogP contribution in [0.1, 0.15) is 23.4 Å². The molecule has 0 bridgehead atoms. The molecular formula is C17H15F2NOS. The molecular weight excluding hydrogens is 304 g/mol. The fourth-order valence-corrected chi connectivity index (χ4v) is 3.79. The lowest BCUT2D eigenvalue weighted by Gasteiger charge is -2.24. The van der Waals surface area contributed by atoms with E-state index in [2.05, 4.69) is 0 Å². The van der Waals surface area contributed by atoms with Crippen molar-refractivity contribution in [1.82, 2.24) is 4.90 Å². The largest absolute Gasteiger partial charge is 0.321 e. The molecule has 1 amide bonds. The third-order valence-corrected chi connectivity index (χ3v) is 5.06. The van der Waals surface area contributed by atoms with Gasteiger partial charge in [-0.05, 0) is 42.3 Å². The van der Waals surface area contributed by atoms with Gasteiger partial charge in [-0.25, -0.2) is 8.78 Å². The van der Waals surface area contributed by atoms with Crippen molar-refractivity contribution in [1.29, 1.82) is 0 Å². The van der Waals surface area contributed by atoms with Crippen LogP contribution in [0.2, 0.25) is 0 Å². The number of hydrogen-bond donors (Lipinski definition) is 0. The highest BCUT2D eigenvalue weighted by molar-refractivity contribution is 8.01. The van der Waals surface area contributed by atoms with E-state index in [1.165, 1.54) is 24.3 Å². The molecule has 0 N–H and O–H groups in total. The Balaban J connectivity index is 1.86. The maximum Gasteiger partial charge on any atom is 0.236 e. The van der Waals surface area contributed by atoms with E-state index in [1.54, 1.807) is 40.9 Å². The maximum atomic E-state index is 13.1. The van der Waals surface area contributed by atoms with Gasteiger partial charge in [0, 0.05) is 6.54 Å². The minimum atomic E-state index is -0.297. The molecule has 1 heterocycles. The third-order valence-electron chi connectivity index (χ3n) is 3.67. The second kappa shape index (κ2) is 6.08. The number of rotatable bonds is 3. The maximum absolute atomic E-state index is 13.1. The first kappa shape index (κ1) is 15.0.